The van der Waals surface area contributed by atoms with Crippen molar-refractivity contribution in [3.63, 3.8) is 0 Å². The summed E-state index contributed by atoms with van der Waals surface area (Å²) in [5, 5.41) is 0. The van der Waals surface area contributed by atoms with Gasteiger partial charge in [0.15, 0.2) is 5.58 Å². The van der Waals surface area contributed by atoms with E-state index in [1.54, 1.807) is 22.8 Å². The van der Waals surface area contributed by atoms with E-state index in [2.05, 4.69) is 13.8 Å². The van der Waals surface area contributed by atoms with Crippen LogP contribution in [0.15, 0.2) is 27.4 Å². The Labute approximate surface area is 100 Å². The van der Waals surface area contributed by atoms with Gasteiger partial charge >= 0.3 is 5.76 Å². The Bertz CT molecular complexity index is 564. The molecule has 0 bridgehead atoms. The van der Waals surface area contributed by atoms with Gasteiger partial charge in [0.25, 0.3) is 0 Å². The molecule has 0 amide bonds. The first-order chi connectivity index (χ1) is 8.15. The highest BCUT2D eigenvalue weighted by Crippen LogP contribution is 2.19. The summed E-state index contributed by atoms with van der Waals surface area (Å²) in [5.74, 6) is 0.201. The van der Waals surface area contributed by atoms with Crippen molar-refractivity contribution in [2.45, 2.75) is 33.2 Å². The van der Waals surface area contributed by atoms with Crippen LogP contribution in [0, 0.1) is 5.92 Å². The molecule has 0 saturated heterocycles. The van der Waals surface area contributed by atoms with Crippen LogP contribution in [0.1, 0.15) is 26.7 Å². The Kier molecular flexibility index (Phi) is 3.22. The molecule has 0 aliphatic heterocycles. The van der Waals surface area contributed by atoms with Crippen molar-refractivity contribution in [2.24, 2.45) is 5.92 Å². The zero-order valence-electron chi connectivity index (χ0n) is 10.3. The van der Waals surface area contributed by atoms with Crippen molar-refractivity contribution in [3.8, 4) is 0 Å². The Morgan fingerprint density at radius 3 is 2.71 bits per heavy atom. The van der Waals surface area contributed by atoms with E-state index >= 15 is 0 Å². The second-order valence-electron chi connectivity index (χ2n) is 4.39. The van der Waals surface area contributed by atoms with Gasteiger partial charge in [0.1, 0.15) is 0 Å². The number of rotatable bonds is 4. The number of benzene rings is 1. The summed E-state index contributed by atoms with van der Waals surface area (Å²) in [6.07, 6.45) is 2.11. The lowest BCUT2D eigenvalue weighted by molar-refractivity contribution is 0.396. The minimum atomic E-state index is -0.294. The molecular weight excluding hydrogens is 216 g/mol. The SMILES string of the molecule is CCC(CC)Cn1c(=O)oc2ccc(N)cc21. The Morgan fingerprint density at radius 1 is 1.35 bits per heavy atom. The lowest BCUT2D eigenvalue weighted by Gasteiger charge is -2.12. The molecule has 0 saturated carbocycles. The van der Waals surface area contributed by atoms with Crippen LogP contribution in [-0.4, -0.2) is 4.57 Å². The smallest absolute Gasteiger partial charge is 0.408 e. The van der Waals surface area contributed by atoms with Crippen molar-refractivity contribution in [3.05, 3.63) is 28.7 Å². The second-order valence-corrected chi connectivity index (χ2v) is 4.39. The minimum Gasteiger partial charge on any atom is -0.408 e. The summed E-state index contributed by atoms with van der Waals surface area (Å²) >= 11 is 0. The minimum absolute atomic E-state index is 0.294. The maximum Gasteiger partial charge on any atom is 0.419 e. The molecule has 4 nitrogen and oxygen atoms in total. The molecule has 17 heavy (non-hydrogen) atoms. The zero-order chi connectivity index (χ0) is 12.4. The Morgan fingerprint density at radius 2 is 2.06 bits per heavy atom. The summed E-state index contributed by atoms with van der Waals surface area (Å²) in [6, 6.07) is 5.28. The number of nitrogens with zero attached hydrogens (tertiary/aromatic N) is 1. The normalized spacial score (nSPS) is 11.5. The van der Waals surface area contributed by atoms with E-state index in [0.29, 0.717) is 23.7 Å². The molecule has 1 heterocycles. The van der Waals surface area contributed by atoms with E-state index in [4.69, 9.17) is 10.2 Å². The van der Waals surface area contributed by atoms with Crippen molar-refractivity contribution in [1.29, 1.82) is 0 Å². The van der Waals surface area contributed by atoms with Crippen LogP contribution in [0.4, 0.5) is 5.69 Å². The molecule has 0 aliphatic rings. The Balaban J connectivity index is 2.48. The molecule has 0 aliphatic carbocycles. The van der Waals surface area contributed by atoms with E-state index in [0.717, 1.165) is 18.4 Å². The molecule has 1 aromatic heterocycles. The highest BCUT2D eigenvalue weighted by atomic mass is 16.4. The third-order valence-electron chi connectivity index (χ3n) is 3.29. The molecule has 0 atom stereocenters. The van der Waals surface area contributed by atoms with Gasteiger partial charge in [-0.15, -0.1) is 0 Å². The first kappa shape index (κ1) is 11.8. The monoisotopic (exact) mass is 234 g/mol. The van der Waals surface area contributed by atoms with Crippen molar-refractivity contribution < 1.29 is 4.42 Å². The number of hydrogen-bond acceptors (Lipinski definition) is 3. The average Bonchev–Trinajstić information content (AvgIpc) is 2.62. The van der Waals surface area contributed by atoms with Crippen LogP contribution >= 0.6 is 0 Å². The molecule has 1 aromatic carbocycles. The predicted molar refractivity (Wildman–Crippen MR) is 69.0 cm³/mol. The van der Waals surface area contributed by atoms with Gasteiger partial charge in [-0.25, -0.2) is 4.79 Å². The van der Waals surface area contributed by atoms with Gasteiger partial charge in [-0.05, 0) is 24.1 Å². The summed E-state index contributed by atoms with van der Waals surface area (Å²) < 4.78 is 6.88. The van der Waals surface area contributed by atoms with Gasteiger partial charge in [0, 0.05) is 12.2 Å². The molecule has 92 valence electrons. The predicted octanol–water partition coefficient (Wildman–Crippen LogP) is 2.61. The van der Waals surface area contributed by atoms with Gasteiger partial charge in [-0.2, -0.15) is 0 Å². The Hall–Kier alpha value is -1.71. The third kappa shape index (κ3) is 2.20. The fourth-order valence-corrected chi connectivity index (χ4v) is 2.06. The molecule has 0 spiro atoms. The van der Waals surface area contributed by atoms with Gasteiger partial charge in [0.2, 0.25) is 0 Å². The largest absolute Gasteiger partial charge is 0.419 e. The van der Waals surface area contributed by atoms with Crippen LogP contribution in [0.5, 0.6) is 0 Å². The third-order valence-corrected chi connectivity index (χ3v) is 3.29. The molecule has 0 unspecified atom stereocenters. The van der Waals surface area contributed by atoms with E-state index < -0.39 is 0 Å². The fraction of sp³-hybridized carbons (Fsp3) is 0.462. The lowest BCUT2D eigenvalue weighted by atomic mass is 10.0. The summed E-state index contributed by atoms with van der Waals surface area (Å²) in [6.45, 7) is 4.97. The average molecular weight is 234 g/mol. The number of aromatic nitrogens is 1. The summed E-state index contributed by atoms with van der Waals surface area (Å²) in [4.78, 5) is 11.8. The number of nitrogens with two attached hydrogens (primary N) is 1. The van der Waals surface area contributed by atoms with Crippen molar-refractivity contribution in [2.75, 3.05) is 5.73 Å². The van der Waals surface area contributed by atoms with Crippen LogP contribution in [-0.2, 0) is 6.54 Å². The first-order valence-electron chi connectivity index (χ1n) is 6.04. The molecular formula is C13H18N2O2. The van der Waals surface area contributed by atoms with Crippen LogP contribution in [0.25, 0.3) is 11.1 Å². The molecule has 2 aromatic rings. The number of anilines is 1. The van der Waals surface area contributed by atoms with Crippen LogP contribution < -0.4 is 11.5 Å². The quantitative estimate of drug-likeness (QED) is 0.827. The standard InChI is InChI=1S/C13H18N2O2/c1-3-9(4-2)8-15-11-7-10(14)5-6-12(11)17-13(15)16/h5-7,9H,3-4,8,14H2,1-2H3. The van der Waals surface area contributed by atoms with Crippen LogP contribution in [0.2, 0.25) is 0 Å². The highest BCUT2D eigenvalue weighted by molar-refractivity contribution is 5.76. The number of oxazole rings is 1. The number of nitrogen functional groups attached to an aromatic ring is 1. The topological polar surface area (TPSA) is 61.2 Å². The molecule has 2 N–H and O–H groups in total. The van der Waals surface area contributed by atoms with Gasteiger partial charge in [-0.3, -0.25) is 4.57 Å². The first-order valence-corrected chi connectivity index (χ1v) is 6.04. The molecule has 0 radical (unpaired) electrons. The molecule has 2 rings (SSSR count). The highest BCUT2D eigenvalue weighted by Gasteiger charge is 2.13. The number of fused-ring (bicyclic) bond motifs is 1. The zero-order valence-corrected chi connectivity index (χ0v) is 10.3. The fourth-order valence-electron chi connectivity index (χ4n) is 2.06. The molecule has 4 heteroatoms. The van der Waals surface area contributed by atoms with E-state index in [-0.39, 0.29) is 5.76 Å². The molecule has 0 fully saturated rings. The van der Waals surface area contributed by atoms with Crippen molar-refractivity contribution >= 4 is 16.8 Å². The van der Waals surface area contributed by atoms with Crippen LogP contribution in [0.3, 0.4) is 0 Å². The van der Waals surface area contributed by atoms with Gasteiger partial charge in [0.05, 0.1) is 5.52 Å². The number of hydrogen-bond donors (Lipinski definition) is 1. The van der Waals surface area contributed by atoms with E-state index in [9.17, 15) is 4.79 Å². The van der Waals surface area contributed by atoms with E-state index in [1.807, 2.05) is 0 Å². The lowest BCUT2D eigenvalue weighted by Crippen LogP contribution is -2.19. The van der Waals surface area contributed by atoms with Gasteiger partial charge < -0.3 is 10.2 Å². The second kappa shape index (κ2) is 4.65. The van der Waals surface area contributed by atoms with Crippen molar-refractivity contribution in [1.82, 2.24) is 4.57 Å². The summed E-state index contributed by atoms with van der Waals surface area (Å²) in [7, 11) is 0. The maximum absolute atomic E-state index is 11.8. The van der Waals surface area contributed by atoms with Gasteiger partial charge in [-0.1, -0.05) is 26.7 Å². The van der Waals surface area contributed by atoms with E-state index in [1.165, 1.54) is 0 Å². The maximum atomic E-state index is 11.8. The summed E-state index contributed by atoms with van der Waals surface area (Å²) in [5.41, 5.74) is 7.79.